The molecule has 0 amide bonds. The zero-order valence-electron chi connectivity index (χ0n) is 13.0. The molecule has 21 heavy (non-hydrogen) atoms. The van der Waals surface area contributed by atoms with Gasteiger partial charge in [0, 0.05) is 6.04 Å². The molecular weight excluding hydrogens is 278 g/mol. The van der Waals surface area contributed by atoms with E-state index in [1.807, 2.05) is 0 Å². The van der Waals surface area contributed by atoms with E-state index in [4.69, 9.17) is 12.2 Å². The molecule has 1 heterocycles. The lowest BCUT2D eigenvalue weighted by molar-refractivity contribution is -0.897. The van der Waals surface area contributed by atoms with Crippen LogP contribution in [-0.4, -0.2) is 48.8 Å². The molecule has 0 radical (unpaired) electrons. The summed E-state index contributed by atoms with van der Waals surface area (Å²) < 4.78 is 0. The van der Waals surface area contributed by atoms with Gasteiger partial charge in [0.25, 0.3) is 0 Å². The highest BCUT2D eigenvalue weighted by atomic mass is 32.1. The van der Waals surface area contributed by atoms with Crippen molar-refractivity contribution in [2.24, 2.45) is 0 Å². The molecule has 0 bridgehead atoms. The molecule has 4 heteroatoms. The number of quaternary nitrogens is 1. The van der Waals surface area contributed by atoms with Crippen molar-refractivity contribution in [3.63, 3.8) is 0 Å². The summed E-state index contributed by atoms with van der Waals surface area (Å²) in [5, 5.41) is 4.23. The molecule has 1 aliphatic rings. The molecule has 3 nitrogen and oxygen atoms in total. The SMILES string of the molecule is CC(C)NC(=S)N1CC[NH+](CC=Cc2ccccc2)CC1. The van der Waals surface area contributed by atoms with E-state index < -0.39 is 0 Å². The van der Waals surface area contributed by atoms with Gasteiger partial charge in [-0.3, -0.25) is 0 Å². The van der Waals surface area contributed by atoms with E-state index in [9.17, 15) is 0 Å². The molecule has 114 valence electrons. The third kappa shape index (κ3) is 5.48. The number of nitrogens with zero attached hydrogens (tertiary/aromatic N) is 1. The van der Waals surface area contributed by atoms with Crippen LogP contribution < -0.4 is 10.2 Å². The zero-order valence-corrected chi connectivity index (χ0v) is 13.8. The fourth-order valence-corrected chi connectivity index (χ4v) is 2.91. The van der Waals surface area contributed by atoms with Crippen molar-refractivity contribution in [1.29, 1.82) is 0 Å². The lowest BCUT2D eigenvalue weighted by Gasteiger charge is -2.34. The first-order chi connectivity index (χ1) is 10.1. The maximum atomic E-state index is 5.43. The first kappa shape index (κ1) is 16.0. The summed E-state index contributed by atoms with van der Waals surface area (Å²) in [5.41, 5.74) is 1.28. The summed E-state index contributed by atoms with van der Waals surface area (Å²) in [6.07, 6.45) is 4.50. The maximum absolute atomic E-state index is 5.43. The monoisotopic (exact) mass is 304 g/mol. The van der Waals surface area contributed by atoms with Crippen molar-refractivity contribution in [1.82, 2.24) is 10.2 Å². The summed E-state index contributed by atoms with van der Waals surface area (Å²) in [6, 6.07) is 10.9. The van der Waals surface area contributed by atoms with Crippen molar-refractivity contribution in [3.05, 3.63) is 42.0 Å². The lowest BCUT2D eigenvalue weighted by Crippen LogP contribution is -3.14. The highest BCUT2D eigenvalue weighted by molar-refractivity contribution is 7.80. The minimum Gasteiger partial charge on any atom is -0.360 e. The number of benzene rings is 1. The molecular formula is C17H26N3S+. The van der Waals surface area contributed by atoms with E-state index >= 15 is 0 Å². The number of hydrogen-bond acceptors (Lipinski definition) is 1. The van der Waals surface area contributed by atoms with E-state index in [1.54, 1.807) is 4.90 Å². The van der Waals surface area contributed by atoms with Gasteiger partial charge in [-0.25, -0.2) is 0 Å². The highest BCUT2D eigenvalue weighted by Gasteiger charge is 2.20. The molecule has 1 fully saturated rings. The second-order valence-corrected chi connectivity index (χ2v) is 6.25. The molecule has 1 aliphatic heterocycles. The Morgan fingerprint density at radius 1 is 1.29 bits per heavy atom. The van der Waals surface area contributed by atoms with Crippen LogP contribution in [0.15, 0.2) is 36.4 Å². The van der Waals surface area contributed by atoms with Crippen LogP contribution in [0.3, 0.4) is 0 Å². The normalized spacial score (nSPS) is 16.6. The van der Waals surface area contributed by atoms with Crippen molar-refractivity contribution < 1.29 is 4.90 Å². The van der Waals surface area contributed by atoms with Gasteiger partial charge in [0.15, 0.2) is 5.11 Å². The van der Waals surface area contributed by atoms with E-state index in [0.29, 0.717) is 6.04 Å². The van der Waals surface area contributed by atoms with Gasteiger partial charge in [-0.15, -0.1) is 0 Å². The molecule has 0 atom stereocenters. The van der Waals surface area contributed by atoms with Crippen LogP contribution in [0.2, 0.25) is 0 Å². The highest BCUT2D eigenvalue weighted by Crippen LogP contribution is 2.00. The third-order valence-electron chi connectivity index (χ3n) is 3.69. The number of thiocarbonyl (C=S) groups is 1. The van der Waals surface area contributed by atoms with Crippen molar-refractivity contribution in [3.8, 4) is 0 Å². The molecule has 2 rings (SSSR count). The Hall–Kier alpha value is -1.39. The fourth-order valence-electron chi connectivity index (χ4n) is 2.49. The molecule has 0 spiro atoms. The molecule has 1 aromatic carbocycles. The summed E-state index contributed by atoms with van der Waals surface area (Å²) in [6.45, 7) is 9.75. The molecule has 1 aromatic rings. The maximum Gasteiger partial charge on any atom is 0.169 e. The number of rotatable bonds is 4. The van der Waals surface area contributed by atoms with Gasteiger partial charge in [0.05, 0.1) is 32.7 Å². The fraction of sp³-hybridized carbons (Fsp3) is 0.471. The van der Waals surface area contributed by atoms with Crippen molar-refractivity contribution in [2.45, 2.75) is 19.9 Å². The van der Waals surface area contributed by atoms with Crippen LogP contribution in [0.1, 0.15) is 19.4 Å². The molecule has 0 unspecified atom stereocenters. The van der Waals surface area contributed by atoms with Crippen LogP contribution in [0.25, 0.3) is 6.08 Å². The van der Waals surface area contributed by atoms with Gasteiger partial charge >= 0.3 is 0 Å². The first-order valence-electron chi connectivity index (χ1n) is 7.76. The molecule has 2 N–H and O–H groups in total. The Kier molecular flexibility index (Phi) is 6.21. The summed E-state index contributed by atoms with van der Waals surface area (Å²) in [5.74, 6) is 0. The number of nitrogens with one attached hydrogen (secondary N) is 2. The molecule has 0 saturated carbocycles. The van der Waals surface area contributed by atoms with Gasteiger partial charge in [0.1, 0.15) is 0 Å². The lowest BCUT2D eigenvalue weighted by atomic mass is 10.2. The number of hydrogen-bond donors (Lipinski definition) is 2. The second kappa shape index (κ2) is 8.15. The summed E-state index contributed by atoms with van der Waals surface area (Å²) >= 11 is 5.43. The third-order valence-corrected chi connectivity index (χ3v) is 4.06. The van der Waals surface area contributed by atoms with E-state index in [2.05, 4.69) is 66.5 Å². The van der Waals surface area contributed by atoms with Gasteiger partial charge < -0.3 is 15.1 Å². The van der Waals surface area contributed by atoms with E-state index in [-0.39, 0.29) is 0 Å². The Morgan fingerprint density at radius 2 is 1.95 bits per heavy atom. The van der Waals surface area contributed by atoms with Crippen LogP contribution in [0.4, 0.5) is 0 Å². The number of piperazine rings is 1. The Balaban J connectivity index is 1.72. The largest absolute Gasteiger partial charge is 0.360 e. The minimum atomic E-state index is 0.414. The predicted molar refractivity (Wildman–Crippen MR) is 93.5 cm³/mol. The second-order valence-electron chi connectivity index (χ2n) is 5.86. The van der Waals surface area contributed by atoms with E-state index in [1.165, 1.54) is 5.56 Å². The Labute approximate surface area is 133 Å². The van der Waals surface area contributed by atoms with E-state index in [0.717, 1.165) is 37.8 Å². The molecule has 0 aliphatic carbocycles. The van der Waals surface area contributed by atoms with Gasteiger partial charge in [-0.1, -0.05) is 36.4 Å². The predicted octanol–water partition coefficient (Wildman–Crippen LogP) is 1.18. The topological polar surface area (TPSA) is 19.7 Å². The van der Waals surface area contributed by atoms with Gasteiger partial charge in [0.2, 0.25) is 0 Å². The van der Waals surface area contributed by atoms with Crippen LogP contribution in [0.5, 0.6) is 0 Å². The Morgan fingerprint density at radius 3 is 2.57 bits per heavy atom. The summed E-state index contributed by atoms with van der Waals surface area (Å²) in [7, 11) is 0. The van der Waals surface area contributed by atoms with Gasteiger partial charge in [-0.05, 0) is 37.7 Å². The molecule has 0 aromatic heterocycles. The Bertz CT molecular complexity index is 462. The van der Waals surface area contributed by atoms with Crippen molar-refractivity contribution in [2.75, 3.05) is 32.7 Å². The van der Waals surface area contributed by atoms with Crippen LogP contribution in [0, 0.1) is 0 Å². The van der Waals surface area contributed by atoms with Crippen molar-refractivity contribution >= 4 is 23.4 Å². The minimum absolute atomic E-state index is 0.414. The standard InChI is InChI=1S/C17H25N3S/c1-15(2)18-17(21)20-13-11-19(12-14-20)10-6-9-16-7-4-3-5-8-16/h3-9,15H,10-14H2,1-2H3,(H,18,21)/p+1. The average Bonchev–Trinajstić information content (AvgIpc) is 2.48. The quantitative estimate of drug-likeness (QED) is 0.815. The van der Waals surface area contributed by atoms with Crippen LogP contribution >= 0.6 is 12.2 Å². The van der Waals surface area contributed by atoms with Gasteiger partial charge in [-0.2, -0.15) is 0 Å². The summed E-state index contributed by atoms with van der Waals surface area (Å²) in [4.78, 5) is 3.92. The van der Waals surface area contributed by atoms with Crippen LogP contribution in [-0.2, 0) is 0 Å². The smallest absolute Gasteiger partial charge is 0.169 e. The zero-order chi connectivity index (χ0) is 15.1. The first-order valence-corrected chi connectivity index (χ1v) is 8.16. The average molecular weight is 304 g/mol. The molecule has 1 saturated heterocycles.